The second-order valence-electron chi connectivity index (χ2n) is 5.16. The van der Waals surface area contributed by atoms with Crippen molar-refractivity contribution < 1.29 is 29.0 Å². The summed E-state index contributed by atoms with van der Waals surface area (Å²) in [5, 5.41) is 10.0. The van der Waals surface area contributed by atoms with Gasteiger partial charge in [-0.1, -0.05) is 23.8 Å². The van der Waals surface area contributed by atoms with Gasteiger partial charge in [0.25, 0.3) is 0 Å². The fourth-order valence-corrected chi connectivity index (χ4v) is 2.09. The summed E-state index contributed by atoms with van der Waals surface area (Å²) < 4.78 is 4.56. The number of ether oxygens (including phenoxy) is 1. The number of nitrogens with two attached hydrogens (primary N) is 1. The number of aliphatic hydroxyl groups is 1. The number of rotatable bonds is 7. The number of esters is 1. The van der Waals surface area contributed by atoms with Crippen LogP contribution in [-0.4, -0.2) is 35.2 Å². The number of carbonyl (C=O) groups is 4. The zero-order valence-corrected chi connectivity index (χ0v) is 13.7. The Morgan fingerprint density at radius 2 is 1.88 bits per heavy atom. The van der Waals surface area contributed by atoms with Crippen molar-refractivity contribution >= 4 is 29.2 Å². The van der Waals surface area contributed by atoms with Crippen molar-refractivity contribution in [2.75, 3.05) is 6.61 Å². The SMILES string of the molecule is CCOC(=O)[C@@H](C(N)=O)C(=O)C(=O)C=C(O)c1ccc(C)cc1C. The minimum absolute atomic E-state index is 0.0757. The maximum Gasteiger partial charge on any atom is 0.326 e. The van der Waals surface area contributed by atoms with Gasteiger partial charge in [0.05, 0.1) is 6.61 Å². The summed E-state index contributed by atoms with van der Waals surface area (Å²) in [5.74, 6) is -7.52. The first-order valence-corrected chi connectivity index (χ1v) is 7.21. The molecule has 1 aromatic carbocycles. The van der Waals surface area contributed by atoms with E-state index in [-0.39, 0.29) is 6.61 Å². The number of ketones is 2. The number of hydrogen-bond acceptors (Lipinski definition) is 6. The standard InChI is InChI=1S/C17H19NO6/c1-4-24-17(23)14(16(18)22)15(21)13(20)8-12(19)11-6-5-9(2)7-10(11)3/h5-8,14,19H,4H2,1-3H3,(H2,18,22)/t14-/m1/s1. The Morgan fingerprint density at radius 1 is 1.25 bits per heavy atom. The Bertz CT molecular complexity index is 720. The predicted molar refractivity (Wildman–Crippen MR) is 85.9 cm³/mol. The molecule has 0 unspecified atom stereocenters. The van der Waals surface area contributed by atoms with Crippen LogP contribution in [0, 0.1) is 19.8 Å². The van der Waals surface area contributed by atoms with Crippen LogP contribution in [0.25, 0.3) is 5.76 Å². The van der Waals surface area contributed by atoms with E-state index in [1.807, 2.05) is 6.92 Å². The van der Waals surface area contributed by atoms with Gasteiger partial charge in [0.15, 0.2) is 0 Å². The van der Waals surface area contributed by atoms with Gasteiger partial charge in [-0.25, -0.2) is 0 Å². The molecule has 0 bridgehead atoms. The van der Waals surface area contributed by atoms with E-state index in [4.69, 9.17) is 5.73 Å². The Morgan fingerprint density at radius 3 is 2.38 bits per heavy atom. The lowest BCUT2D eigenvalue weighted by molar-refractivity contribution is -0.156. The van der Waals surface area contributed by atoms with Crippen molar-refractivity contribution in [1.29, 1.82) is 0 Å². The first-order valence-electron chi connectivity index (χ1n) is 7.21. The van der Waals surface area contributed by atoms with E-state index in [1.54, 1.807) is 25.1 Å². The third-order valence-electron chi connectivity index (χ3n) is 3.24. The molecule has 1 rings (SSSR count). The average Bonchev–Trinajstić information content (AvgIpc) is 2.46. The molecule has 0 radical (unpaired) electrons. The van der Waals surface area contributed by atoms with Gasteiger partial charge in [0, 0.05) is 11.6 Å². The van der Waals surface area contributed by atoms with Crippen LogP contribution in [-0.2, 0) is 23.9 Å². The highest BCUT2D eigenvalue weighted by Crippen LogP contribution is 2.18. The quantitative estimate of drug-likeness (QED) is 0.252. The zero-order valence-electron chi connectivity index (χ0n) is 13.7. The van der Waals surface area contributed by atoms with Gasteiger partial charge in [0.1, 0.15) is 5.76 Å². The predicted octanol–water partition coefficient (Wildman–Crippen LogP) is 1.01. The van der Waals surface area contributed by atoms with Gasteiger partial charge in [-0.05, 0) is 26.3 Å². The summed E-state index contributed by atoms with van der Waals surface area (Å²) in [4.78, 5) is 46.8. The third-order valence-corrected chi connectivity index (χ3v) is 3.24. The van der Waals surface area contributed by atoms with Crippen molar-refractivity contribution in [2.24, 2.45) is 11.7 Å². The van der Waals surface area contributed by atoms with E-state index in [1.165, 1.54) is 6.92 Å². The summed E-state index contributed by atoms with van der Waals surface area (Å²) in [7, 11) is 0. The fourth-order valence-electron chi connectivity index (χ4n) is 2.09. The Hall–Kier alpha value is -2.96. The highest BCUT2D eigenvalue weighted by atomic mass is 16.5. The summed E-state index contributed by atoms with van der Waals surface area (Å²) in [6, 6.07) is 5.10. The molecular weight excluding hydrogens is 314 g/mol. The van der Waals surface area contributed by atoms with E-state index in [9.17, 15) is 24.3 Å². The smallest absolute Gasteiger partial charge is 0.326 e. The van der Waals surface area contributed by atoms with E-state index in [2.05, 4.69) is 4.74 Å². The Balaban J connectivity index is 3.08. The van der Waals surface area contributed by atoms with Crippen molar-refractivity contribution in [3.05, 3.63) is 41.0 Å². The maximum absolute atomic E-state index is 12.0. The number of primary amides is 1. The number of allylic oxidation sites excluding steroid dienone is 1. The number of benzene rings is 1. The molecule has 3 N–H and O–H groups in total. The normalized spacial score (nSPS) is 12.4. The fraction of sp³-hybridized carbons (Fsp3) is 0.294. The molecule has 128 valence electrons. The van der Waals surface area contributed by atoms with Gasteiger partial charge >= 0.3 is 5.97 Å². The van der Waals surface area contributed by atoms with Crippen LogP contribution in [0.5, 0.6) is 0 Å². The molecule has 24 heavy (non-hydrogen) atoms. The van der Waals surface area contributed by atoms with Crippen LogP contribution in [0.3, 0.4) is 0 Å². The second-order valence-corrected chi connectivity index (χ2v) is 5.16. The van der Waals surface area contributed by atoms with Crippen LogP contribution < -0.4 is 5.73 Å². The van der Waals surface area contributed by atoms with E-state index in [0.29, 0.717) is 17.2 Å². The summed E-state index contributed by atoms with van der Waals surface area (Å²) >= 11 is 0. The van der Waals surface area contributed by atoms with E-state index < -0.39 is 35.1 Å². The summed E-state index contributed by atoms with van der Waals surface area (Å²) in [5.41, 5.74) is 7.00. The molecular formula is C17H19NO6. The number of aliphatic hydroxyl groups excluding tert-OH is 1. The molecule has 7 heteroatoms. The van der Waals surface area contributed by atoms with Crippen molar-refractivity contribution in [3.63, 3.8) is 0 Å². The molecule has 1 amide bonds. The lowest BCUT2D eigenvalue weighted by Crippen LogP contribution is -2.40. The molecule has 0 aliphatic heterocycles. The highest BCUT2D eigenvalue weighted by Gasteiger charge is 2.37. The third kappa shape index (κ3) is 4.52. The molecule has 0 saturated heterocycles. The van der Waals surface area contributed by atoms with Crippen molar-refractivity contribution in [3.8, 4) is 0 Å². The number of Topliss-reactive ketones (excluding diaryl/α,β-unsaturated/α-hetero) is 1. The van der Waals surface area contributed by atoms with E-state index >= 15 is 0 Å². The first-order chi connectivity index (χ1) is 11.2. The van der Waals surface area contributed by atoms with Crippen LogP contribution in [0.1, 0.15) is 23.6 Å². The lowest BCUT2D eigenvalue weighted by Gasteiger charge is -2.10. The monoisotopic (exact) mass is 333 g/mol. The minimum atomic E-state index is -2.03. The molecule has 0 heterocycles. The molecule has 0 aliphatic carbocycles. The first kappa shape index (κ1) is 19.1. The number of amides is 1. The largest absolute Gasteiger partial charge is 0.507 e. The second kappa shape index (κ2) is 8.05. The molecule has 0 aromatic heterocycles. The lowest BCUT2D eigenvalue weighted by atomic mass is 9.98. The van der Waals surface area contributed by atoms with Crippen LogP contribution >= 0.6 is 0 Å². The van der Waals surface area contributed by atoms with Crippen molar-refractivity contribution in [1.82, 2.24) is 0 Å². The molecule has 1 atom stereocenters. The van der Waals surface area contributed by atoms with Crippen LogP contribution in [0.15, 0.2) is 24.3 Å². The van der Waals surface area contributed by atoms with Crippen molar-refractivity contribution in [2.45, 2.75) is 20.8 Å². The molecule has 7 nitrogen and oxygen atoms in total. The average molecular weight is 333 g/mol. The summed E-state index contributed by atoms with van der Waals surface area (Å²) in [6.07, 6.45) is 0.662. The Labute approximate surface area is 139 Å². The van der Waals surface area contributed by atoms with Gasteiger partial charge in [0.2, 0.25) is 23.4 Å². The number of carbonyl (C=O) groups excluding carboxylic acids is 4. The molecule has 0 spiro atoms. The topological polar surface area (TPSA) is 124 Å². The van der Waals surface area contributed by atoms with Gasteiger partial charge < -0.3 is 15.6 Å². The number of hydrogen-bond donors (Lipinski definition) is 2. The zero-order chi connectivity index (χ0) is 18.4. The van der Waals surface area contributed by atoms with Gasteiger partial charge in [-0.3, -0.25) is 19.2 Å². The maximum atomic E-state index is 12.0. The number of aryl methyl sites for hydroxylation is 2. The van der Waals surface area contributed by atoms with Gasteiger partial charge in [-0.15, -0.1) is 0 Å². The Kier molecular flexibility index (Phi) is 6.40. The van der Waals surface area contributed by atoms with Crippen LogP contribution in [0.4, 0.5) is 0 Å². The van der Waals surface area contributed by atoms with E-state index in [0.717, 1.165) is 5.56 Å². The van der Waals surface area contributed by atoms with Gasteiger partial charge in [-0.2, -0.15) is 0 Å². The minimum Gasteiger partial charge on any atom is -0.507 e. The molecule has 0 fully saturated rings. The molecule has 1 aromatic rings. The van der Waals surface area contributed by atoms with Crippen LogP contribution in [0.2, 0.25) is 0 Å². The highest BCUT2D eigenvalue weighted by molar-refractivity contribution is 6.49. The summed E-state index contributed by atoms with van der Waals surface area (Å²) in [6.45, 7) is 4.99. The molecule has 0 aliphatic rings. The molecule has 0 saturated carbocycles.